The standard InChI is InChI=1S/C47H48F6O4S4/c1-43(2,3)37-19-17-33(58-37)35-25-31(41(60-35)27-9-13-29(14-10-27)56-23-21-54-7)39-40(46(50,51)47(52,53)45(39,48)49)32-26-36(34-18-20-38(59-34)44(4,5)6)61-42(32)28-11-15-30(16-12-28)57-24-22-55-8/h9-20,25,36H,21-24,26H2,1-8H3. The molecule has 0 bridgehead atoms. The minimum atomic E-state index is -5.74. The predicted molar refractivity (Wildman–Crippen MR) is 240 cm³/mol. The van der Waals surface area contributed by atoms with Crippen LogP contribution in [0.4, 0.5) is 26.3 Å². The molecular formula is C47H48F6O4S4. The molecule has 4 heterocycles. The monoisotopic (exact) mass is 918 g/mol. The third-order valence-corrected chi connectivity index (χ3v) is 16.6. The third-order valence-electron chi connectivity index (χ3n) is 10.5. The maximum absolute atomic E-state index is 16.9. The summed E-state index contributed by atoms with van der Waals surface area (Å²) in [5, 5.41) is -0.499. The van der Waals surface area contributed by atoms with Crippen molar-refractivity contribution < 1.29 is 45.3 Å². The molecular weight excluding hydrogens is 871 g/mol. The van der Waals surface area contributed by atoms with E-state index in [-0.39, 0.29) is 51.4 Å². The van der Waals surface area contributed by atoms with Crippen LogP contribution in [0.2, 0.25) is 0 Å². The Morgan fingerprint density at radius 1 is 0.590 bits per heavy atom. The second kappa shape index (κ2) is 17.2. The van der Waals surface area contributed by atoms with E-state index in [0.717, 1.165) is 26.0 Å². The molecule has 1 aliphatic carbocycles. The van der Waals surface area contributed by atoms with Crippen molar-refractivity contribution in [2.45, 2.75) is 81.8 Å². The van der Waals surface area contributed by atoms with E-state index in [4.69, 9.17) is 18.9 Å². The van der Waals surface area contributed by atoms with Crippen LogP contribution in [0, 0.1) is 0 Å². The summed E-state index contributed by atoms with van der Waals surface area (Å²) in [5.41, 5.74) is -2.88. The molecule has 0 saturated carbocycles. The van der Waals surface area contributed by atoms with Crippen LogP contribution < -0.4 is 9.47 Å². The normalized spacial score (nSPS) is 18.7. The van der Waals surface area contributed by atoms with Gasteiger partial charge in [0.1, 0.15) is 24.7 Å². The summed E-state index contributed by atoms with van der Waals surface area (Å²) in [4.78, 5) is 4.51. The highest BCUT2D eigenvalue weighted by atomic mass is 32.2. The van der Waals surface area contributed by atoms with Gasteiger partial charge in [-0.1, -0.05) is 53.7 Å². The van der Waals surface area contributed by atoms with E-state index in [0.29, 0.717) is 45.6 Å². The molecule has 1 atom stereocenters. The van der Waals surface area contributed by atoms with Gasteiger partial charge < -0.3 is 18.9 Å². The molecule has 3 aromatic heterocycles. The minimum absolute atomic E-state index is 0.166. The first-order valence-corrected chi connectivity index (χ1v) is 23.1. The molecule has 61 heavy (non-hydrogen) atoms. The lowest BCUT2D eigenvalue weighted by molar-refractivity contribution is -0.259. The molecule has 0 fully saturated rings. The summed E-state index contributed by atoms with van der Waals surface area (Å²) < 4.78 is 122. The van der Waals surface area contributed by atoms with Gasteiger partial charge in [-0.05, 0) is 101 Å². The molecule has 2 aliphatic rings. The molecule has 0 N–H and O–H groups in total. The van der Waals surface area contributed by atoms with E-state index in [1.807, 2.05) is 45.0 Å². The van der Waals surface area contributed by atoms with Crippen LogP contribution in [-0.2, 0) is 20.3 Å². The number of rotatable bonds is 14. The number of alkyl halides is 6. The van der Waals surface area contributed by atoms with Crippen molar-refractivity contribution in [1.82, 2.24) is 0 Å². The summed E-state index contributed by atoms with van der Waals surface area (Å²) in [6.07, 6.45) is -0.170. The van der Waals surface area contributed by atoms with Gasteiger partial charge in [0.15, 0.2) is 0 Å². The number of halogens is 6. The lowest BCUT2D eigenvalue weighted by Crippen LogP contribution is -2.49. The van der Waals surface area contributed by atoms with Gasteiger partial charge in [0.2, 0.25) is 0 Å². The highest BCUT2D eigenvalue weighted by Gasteiger charge is 2.81. The molecule has 0 spiro atoms. The smallest absolute Gasteiger partial charge is 0.380 e. The fraction of sp³-hybridized carbons (Fsp3) is 0.404. The first kappa shape index (κ1) is 45.5. The minimum Gasteiger partial charge on any atom is -0.491 e. The molecule has 0 saturated heterocycles. The maximum atomic E-state index is 16.9. The van der Waals surface area contributed by atoms with Crippen molar-refractivity contribution in [3.8, 4) is 31.7 Å². The second-order valence-electron chi connectivity index (χ2n) is 17.0. The van der Waals surface area contributed by atoms with E-state index >= 15 is 26.3 Å². The molecule has 1 aliphatic heterocycles. The van der Waals surface area contributed by atoms with Crippen molar-refractivity contribution in [2.75, 3.05) is 40.6 Å². The number of methoxy groups -OCH3 is 2. The van der Waals surface area contributed by atoms with Gasteiger partial charge in [0.05, 0.1) is 13.2 Å². The summed E-state index contributed by atoms with van der Waals surface area (Å²) in [6, 6.07) is 22.2. The molecule has 1 unspecified atom stereocenters. The fourth-order valence-electron chi connectivity index (χ4n) is 7.22. The number of hydrogen-bond acceptors (Lipinski definition) is 8. The van der Waals surface area contributed by atoms with Crippen molar-refractivity contribution in [3.05, 3.63) is 116 Å². The van der Waals surface area contributed by atoms with Gasteiger partial charge in [-0.2, -0.15) is 26.3 Å². The van der Waals surface area contributed by atoms with Gasteiger partial charge in [0.25, 0.3) is 0 Å². The van der Waals surface area contributed by atoms with E-state index in [9.17, 15) is 0 Å². The van der Waals surface area contributed by atoms with Crippen LogP contribution in [0.1, 0.15) is 79.0 Å². The number of thiophene rings is 3. The zero-order chi connectivity index (χ0) is 44.1. The van der Waals surface area contributed by atoms with Crippen molar-refractivity contribution in [2.24, 2.45) is 0 Å². The Balaban J connectivity index is 1.46. The van der Waals surface area contributed by atoms with Crippen LogP contribution >= 0.6 is 45.8 Å². The van der Waals surface area contributed by atoms with Crippen LogP contribution in [0.5, 0.6) is 11.5 Å². The topological polar surface area (TPSA) is 36.9 Å². The van der Waals surface area contributed by atoms with E-state index in [1.165, 1.54) is 40.5 Å². The Morgan fingerprint density at radius 3 is 1.64 bits per heavy atom. The highest BCUT2D eigenvalue weighted by Crippen LogP contribution is 2.68. The molecule has 0 radical (unpaired) electrons. The summed E-state index contributed by atoms with van der Waals surface area (Å²) >= 11 is 5.30. The van der Waals surface area contributed by atoms with Crippen molar-refractivity contribution in [1.29, 1.82) is 0 Å². The Morgan fingerprint density at radius 2 is 1.11 bits per heavy atom. The highest BCUT2D eigenvalue weighted by molar-refractivity contribution is 8.09. The quantitative estimate of drug-likeness (QED) is 0.0819. The lowest BCUT2D eigenvalue weighted by Gasteiger charge is -2.26. The van der Waals surface area contributed by atoms with Crippen LogP contribution in [-0.4, -0.2) is 58.4 Å². The molecule has 5 aromatic rings. The van der Waals surface area contributed by atoms with E-state index < -0.39 is 34.2 Å². The van der Waals surface area contributed by atoms with Gasteiger partial charge >= 0.3 is 17.8 Å². The third kappa shape index (κ3) is 8.74. The zero-order valence-electron chi connectivity index (χ0n) is 35.2. The zero-order valence-corrected chi connectivity index (χ0v) is 38.4. The average Bonchev–Trinajstić information content (AvgIpc) is 4.03. The maximum Gasteiger partial charge on any atom is 0.380 e. The molecule has 4 nitrogen and oxygen atoms in total. The number of hydrogen-bond donors (Lipinski definition) is 0. The predicted octanol–water partition coefficient (Wildman–Crippen LogP) is 14.8. The Hall–Kier alpha value is -3.53. The van der Waals surface area contributed by atoms with Gasteiger partial charge in [-0.25, -0.2) is 0 Å². The Kier molecular flexibility index (Phi) is 12.8. The van der Waals surface area contributed by atoms with Gasteiger partial charge in [0, 0.05) is 70.3 Å². The van der Waals surface area contributed by atoms with Crippen LogP contribution in [0.25, 0.3) is 30.7 Å². The van der Waals surface area contributed by atoms with E-state index in [2.05, 4.69) is 20.8 Å². The molecule has 14 heteroatoms. The molecule has 2 aromatic carbocycles. The Bertz CT molecular complexity index is 2410. The van der Waals surface area contributed by atoms with Crippen LogP contribution in [0.3, 0.4) is 0 Å². The number of ether oxygens (including phenoxy) is 4. The fourth-order valence-corrected chi connectivity index (χ4v) is 12.2. The van der Waals surface area contributed by atoms with Gasteiger partial charge in [-0.3, -0.25) is 0 Å². The van der Waals surface area contributed by atoms with E-state index in [1.54, 1.807) is 62.8 Å². The molecule has 326 valence electrons. The lowest BCUT2D eigenvalue weighted by atomic mass is 9.89. The summed E-state index contributed by atoms with van der Waals surface area (Å²) in [6.45, 7) is 13.5. The van der Waals surface area contributed by atoms with Gasteiger partial charge in [-0.15, -0.1) is 45.8 Å². The number of allylic oxidation sites excluding steroid dienone is 3. The Labute approximate surface area is 369 Å². The molecule has 7 rings (SSSR count). The van der Waals surface area contributed by atoms with Crippen LogP contribution in [0.15, 0.2) is 90.0 Å². The first-order chi connectivity index (χ1) is 28.7. The second-order valence-corrected chi connectivity index (χ2v) is 21.5. The first-order valence-electron chi connectivity index (χ1n) is 19.8. The number of benzene rings is 2. The molecule has 0 amide bonds. The SMILES string of the molecule is COCCOc1ccc(C2=C(C3=C(c4cc(-c5ccc(C(C)(C)C)s5)sc4-c4ccc(OCCOC)cc4)C(F)(F)C(F)(F)C3(F)F)CC(c3ccc(C(C)(C)C)s3)S2)cc1. The summed E-state index contributed by atoms with van der Waals surface area (Å²) in [5.74, 6) is -15.3. The summed E-state index contributed by atoms with van der Waals surface area (Å²) in [7, 11) is 3.09. The van der Waals surface area contributed by atoms with Crippen molar-refractivity contribution in [3.63, 3.8) is 0 Å². The average molecular weight is 919 g/mol. The number of thioether (sulfide) groups is 1. The largest absolute Gasteiger partial charge is 0.491 e. The van der Waals surface area contributed by atoms with Crippen molar-refractivity contribution >= 4 is 56.3 Å².